The van der Waals surface area contributed by atoms with Crippen LogP contribution in [0.4, 0.5) is 4.39 Å². The van der Waals surface area contributed by atoms with Crippen molar-refractivity contribution in [2.24, 2.45) is 5.92 Å². The van der Waals surface area contributed by atoms with Gasteiger partial charge in [-0.3, -0.25) is 4.79 Å². The van der Waals surface area contributed by atoms with Crippen LogP contribution >= 0.6 is 0 Å². The molecule has 0 spiro atoms. The van der Waals surface area contributed by atoms with Crippen LogP contribution in [0.15, 0.2) is 54.1 Å². The number of benzene rings is 2. The van der Waals surface area contributed by atoms with E-state index in [1.807, 2.05) is 12.1 Å². The highest BCUT2D eigenvalue weighted by Gasteiger charge is 2.24. The van der Waals surface area contributed by atoms with E-state index in [0.717, 1.165) is 63.8 Å². The van der Waals surface area contributed by atoms with Crippen molar-refractivity contribution in [2.75, 3.05) is 26.2 Å². The first-order valence-corrected chi connectivity index (χ1v) is 12.6. The van der Waals surface area contributed by atoms with Crippen LogP contribution in [-0.4, -0.2) is 37.0 Å². The van der Waals surface area contributed by atoms with E-state index in [1.165, 1.54) is 29.5 Å². The summed E-state index contributed by atoms with van der Waals surface area (Å²) in [4.78, 5) is 14.7. The normalized spacial score (nSPS) is 17.2. The summed E-state index contributed by atoms with van der Waals surface area (Å²) < 4.78 is 13.1. The fourth-order valence-electron chi connectivity index (χ4n) is 5.19. The highest BCUT2D eigenvalue weighted by atomic mass is 19.1. The highest BCUT2D eigenvalue weighted by Crippen LogP contribution is 2.31. The van der Waals surface area contributed by atoms with Gasteiger partial charge in [0.25, 0.3) is 0 Å². The number of amides is 1. The quantitative estimate of drug-likeness (QED) is 0.559. The third-order valence-electron chi connectivity index (χ3n) is 7.16. The molecule has 0 unspecified atom stereocenters. The topological polar surface area (TPSA) is 32.3 Å². The Balaban J connectivity index is 1.30. The molecule has 3 nitrogen and oxygen atoms in total. The van der Waals surface area contributed by atoms with Crippen LogP contribution in [0.1, 0.15) is 54.9 Å². The summed E-state index contributed by atoms with van der Waals surface area (Å²) in [5.41, 5.74) is 6.79. The van der Waals surface area contributed by atoms with Crippen LogP contribution in [0, 0.1) is 11.7 Å². The van der Waals surface area contributed by atoms with Crippen LogP contribution < -0.4 is 5.32 Å². The maximum atomic E-state index is 13.1. The Morgan fingerprint density at radius 3 is 2.58 bits per heavy atom. The van der Waals surface area contributed by atoms with Crippen molar-refractivity contribution in [3.05, 3.63) is 82.2 Å². The van der Waals surface area contributed by atoms with Gasteiger partial charge < -0.3 is 10.2 Å². The zero-order chi connectivity index (χ0) is 23.0. The van der Waals surface area contributed by atoms with Crippen LogP contribution in [0.25, 0.3) is 0 Å². The van der Waals surface area contributed by atoms with Crippen LogP contribution in [0.2, 0.25) is 0 Å². The Kier molecular flexibility index (Phi) is 8.33. The maximum Gasteiger partial charge on any atom is 0.224 e. The number of nitrogens with zero attached hydrogens (tertiary/aromatic N) is 1. The van der Waals surface area contributed by atoms with Crippen LogP contribution in [0.3, 0.4) is 0 Å². The zero-order valence-electron chi connectivity index (χ0n) is 19.9. The molecule has 1 aliphatic carbocycles. The molecule has 1 heterocycles. The van der Waals surface area contributed by atoms with Crippen molar-refractivity contribution in [2.45, 2.75) is 58.3 Å². The average Bonchev–Trinajstić information content (AvgIpc) is 3.05. The van der Waals surface area contributed by atoms with Gasteiger partial charge in [0.1, 0.15) is 5.82 Å². The molecule has 1 aliphatic heterocycles. The number of carbonyl (C=O) groups is 1. The van der Waals surface area contributed by atoms with Crippen molar-refractivity contribution in [1.29, 1.82) is 0 Å². The Labute approximate surface area is 198 Å². The van der Waals surface area contributed by atoms with Gasteiger partial charge in [-0.15, -0.1) is 0 Å². The molecule has 1 amide bonds. The molecule has 4 heteroatoms. The molecular weight excluding hydrogens is 411 g/mol. The second kappa shape index (κ2) is 11.6. The lowest BCUT2D eigenvalue weighted by molar-refractivity contribution is -0.120. The molecule has 33 heavy (non-hydrogen) atoms. The molecule has 1 saturated heterocycles. The summed E-state index contributed by atoms with van der Waals surface area (Å²) in [5.74, 6) is 0.619. The molecule has 2 aliphatic rings. The van der Waals surface area contributed by atoms with Gasteiger partial charge in [0.2, 0.25) is 5.91 Å². The zero-order valence-corrected chi connectivity index (χ0v) is 19.9. The monoisotopic (exact) mass is 448 g/mol. The van der Waals surface area contributed by atoms with Crippen LogP contribution in [-0.2, 0) is 30.5 Å². The van der Waals surface area contributed by atoms with Crippen molar-refractivity contribution in [3.63, 3.8) is 0 Å². The van der Waals surface area contributed by atoms with Gasteiger partial charge in [-0.25, -0.2) is 4.39 Å². The smallest absolute Gasteiger partial charge is 0.224 e. The summed E-state index contributed by atoms with van der Waals surface area (Å²) in [5, 5.41) is 2.99. The SMILES string of the molecule is CCCNC(=O)Cc1ccc2c(c1)CC(C1CCN(CCc3ccc(F)cc3)CC1)=CCC2. The lowest BCUT2D eigenvalue weighted by atomic mass is 9.85. The van der Waals surface area contributed by atoms with Crippen LogP contribution in [0.5, 0.6) is 0 Å². The number of nitrogens with one attached hydrogen (secondary N) is 1. The number of hydrogen-bond acceptors (Lipinski definition) is 2. The van der Waals surface area contributed by atoms with E-state index in [9.17, 15) is 9.18 Å². The minimum absolute atomic E-state index is 0.120. The number of rotatable bonds is 8. The van der Waals surface area contributed by atoms with Gasteiger partial charge in [0, 0.05) is 13.1 Å². The van der Waals surface area contributed by atoms with Gasteiger partial charge in [0.05, 0.1) is 6.42 Å². The van der Waals surface area contributed by atoms with E-state index >= 15 is 0 Å². The number of hydrogen-bond donors (Lipinski definition) is 1. The number of fused-ring (bicyclic) bond motifs is 1. The largest absolute Gasteiger partial charge is 0.356 e. The molecule has 2 aromatic rings. The second-order valence-electron chi connectivity index (χ2n) is 9.62. The summed E-state index contributed by atoms with van der Waals surface area (Å²) in [7, 11) is 0. The summed E-state index contributed by atoms with van der Waals surface area (Å²) in [6.45, 7) is 6.14. The molecule has 1 N–H and O–H groups in total. The lowest BCUT2D eigenvalue weighted by Crippen LogP contribution is -2.35. The molecule has 0 saturated carbocycles. The maximum absolute atomic E-state index is 13.1. The first-order chi connectivity index (χ1) is 16.1. The third kappa shape index (κ3) is 6.77. The number of likely N-dealkylation sites (tertiary alicyclic amines) is 1. The molecule has 0 bridgehead atoms. The van der Waals surface area contributed by atoms with Gasteiger partial charge in [-0.05, 0) is 98.3 Å². The van der Waals surface area contributed by atoms with Gasteiger partial charge >= 0.3 is 0 Å². The summed E-state index contributed by atoms with van der Waals surface area (Å²) in [6, 6.07) is 13.6. The van der Waals surface area contributed by atoms with E-state index in [4.69, 9.17) is 0 Å². The van der Waals surface area contributed by atoms with Crippen molar-refractivity contribution in [1.82, 2.24) is 10.2 Å². The summed E-state index contributed by atoms with van der Waals surface area (Å²) in [6.07, 6.45) is 10.6. The van der Waals surface area contributed by atoms with E-state index in [-0.39, 0.29) is 11.7 Å². The Morgan fingerprint density at radius 1 is 1.06 bits per heavy atom. The lowest BCUT2D eigenvalue weighted by Gasteiger charge is -2.33. The molecule has 2 aromatic carbocycles. The molecular formula is C29H37FN2O. The Bertz CT molecular complexity index is 958. The first kappa shape index (κ1) is 23.7. The fourth-order valence-corrected chi connectivity index (χ4v) is 5.19. The molecule has 1 fully saturated rings. The molecule has 0 atom stereocenters. The van der Waals surface area contributed by atoms with Crippen molar-refractivity contribution in [3.8, 4) is 0 Å². The van der Waals surface area contributed by atoms with Gasteiger partial charge in [-0.2, -0.15) is 0 Å². The predicted octanol–water partition coefficient (Wildman–Crippen LogP) is 5.26. The van der Waals surface area contributed by atoms with E-state index < -0.39 is 0 Å². The molecule has 4 rings (SSSR count). The Hall–Kier alpha value is -2.46. The molecule has 0 radical (unpaired) electrons. The number of carbonyl (C=O) groups excluding carboxylic acids is 1. The molecule has 0 aromatic heterocycles. The van der Waals surface area contributed by atoms with Crippen molar-refractivity contribution < 1.29 is 9.18 Å². The fraction of sp³-hybridized carbons (Fsp3) is 0.483. The number of halogens is 1. The minimum Gasteiger partial charge on any atom is -0.356 e. The second-order valence-corrected chi connectivity index (χ2v) is 9.62. The predicted molar refractivity (Wildman–Crippen MR) is 133 cm³/mol. The average molecular weight is 449 g/mol. The van der Waals surface area contributed by atoms with Gasteiger partial charge in [0.15, 0.2) is 0 Å². The minimum atomic E-state index is -0.162. The third-order valence-corrected chi connectivity index (χ3v) is 7.16. The van der Waals surface area contributed by atoms with Crippen molar-refractivity contribution >= 4 is 5.91 Å². The van der Waals surface area contributed by atoms with E-state index in [2.05, 4.69) is 41.4 Å². The number of piperidine rings is 1. The van der Waals surface area contributed by atoms with E-state index in [0.29, 0.717) is 12.3 Å². The first-order valence-electron chi connectivity index (χ1n) is 12.6. The highest BCUT2D eigenvalue weighted by molar-refractivity contribution is 5.78. The Morgan fingerprint density at radius 2 is 1.82 bits per heavy atom. The summed E-state index contributed by atoms with van der Waals surface area (Å²) >= 11 is 0. The van der Waals surface area contributed by atoms with E-state index in [1.54, 1.807) is 17.7 Å². The number of allylic oxidation sites excluding steroid dienone is 2. The molecule has 176 valence electrons. The number of aryl methyl sites for hydroxylation is 1. The van der Waals surface area contributed by atoms with Gasteiger partial charge in [-0.1, -0.05) is 48.9 Å². The standard InChI is InChI=1S/C29H37FN2O/c1-2-15-31-29(33)20-23-6-9-24-4-3-5-26(21-27(24)19-23)25-13-17-32(18-14-25)16-12-22-7-10-28(30)11-8-22/h5-11,19,25H,2-4,12-18,20-21H2,1H3,(H,31,33).